The Morgan fingerprint density at radius 3 is 2.72 bits per heavy atom. The summed E-state index contributed by atoms with van der Waals surface area (Å²) in [5, 5.41) is 7.34. The molecule has 1 aliphatic rings. The van der Waals surface area contributed by atoms with E-state index in [4.69, 9.17) is 0 Å². The molecule has 0 radical (unpaired) electrons. The van der Waals surface area contributed by atoms with Gasteiger partial charge in [-0.25, -0.2) is 0 Å². The highest BCUT2D eigenvalue weighted by molar-refractivity contribution is 7.08. The number of hydrogen-bond donors (Lipinski definition) is 1. The number of carbonyl (C=O) groups is 1. The molecule has 1 fully saturated rings. The number of piperidine rings is 1. The summed E-state index contributed by atoms with van der Waals surface area (Å²) in [6.07, 6.45) is 2.74. The fourth-order valence-electron chi connectivity index (χ4n) is 2.20. The Morgan fingerprint density at radius 2 is 2.17 bits per heavy atom. The van der Waals surface area contributed by atoms with E-state index < -0.39 is 0 Å². The van der Waals surface area contributed by atoms with Crippen LogP contribution in [0.15, 0.2) is 0 Å². The highest BCUT2D eigenvalue weighted by atomic mass is 32.1. The second kappa shape index (κ2) is 5.32. The van der Waals surface area contributed by atoms with Crippen molar-refractivity contribution in [2.75, 3.05) is 20.1 Å². The average molecular weight is 268 g/mol. The predicted octanol–water partition coefficient (Wildman–Crippen LogP) is 1.31. The van der Waals surface area contributed by atoms with Crippen molar-refractivity contribution in [1.82, 2.24) is 19.8 Å². The highest BCUT2D eigenvalue weighted by Gasteiger charge is 2.32. The van der Waals surface area contributed by atoms with Gasteiger partial charge in [-0.15, -0.1) is 5.10 Å². The molecule has 0 saturated carbocycles. The molecule has 0 bridgehead atoms. The normalized spacial score (nSPS) is 18.9. The fourth-order valence-corrected chi connectivity index (χ4v) is 2.92. The molecule has 0 unspecified atom stereocenters. The molecule has 5 nitrogen and oxygen atoms in total. The second-order valence-corrected chi connectivity index (χ2v) is 5.76. The number of hydrogen-bond acceptors (Lipinski definition) is 5. The fraction of sp³-hybridized carbons (Fsp3) is 0.750. The van der Waals surface area contributed by atoms with E-state index in [1.54, 1.807) is 0 Å². The molecule has 1 aliphatic heterocycles. The Kier molecular flexibility index (Phi) is 3.97. The lowest BCUT2D eigenvalue weighted by Crippen LogP contribution is -2.51. The molecule has 0 aliphatic carbocycles. The minimum atomic E-state index is 0.0972. The van der Waals surface area contributed by atoms with Gasteiger partial charge in [0.25, 0.3) is 5.91 Å². The van der Waals surface area contributed by atoms with Crippen LogP contribution in [0.25, 0.3) is 0 Å². The second-order valence-electron chi connectivity index (χ2n) is 5.01. The first kappa shape index (κ1) is 13.4. The zero-order chi connectivity index (χ0) is 13.2. The molecule has 2 heterocycles. The predicted molar refractivity (Wildman–Crippen MR) is 71.9 cm³/mol. The molecular weight excluding hydrogens is 248 g/mol. The summed E-state index contributed by atoms with van der Waals surface area (Å²) in [4.78, 5) is 15.0. The molecule has 100 valence electrons. The van der Waals surface area contributed by atoms with Crippen LogP contribution in [0, 0.1) is 0 Å². The molecule has 0 spiro atoms. The third kappa shape index (κ3) is 2.54. The van der Waals surface area contributed by atoms with E-state index in [0.717, 1.165) is 38.0 Å². The van der Waals surface area contributed by atoms with Gasteiger partial charge in [0.15, 0.2) is 0 Å². The van der Waals surface area contributed by atoms with Gasteiger partial charge < -0.3 is 10.2 Å². The number of amides is 1. The number of aromatic nitrogens is 2. The van der Waals surface area contributed by atoms with E-state index >= 15 is 0 Å². The van der Waals surface area contributed by atoms with Crippen LogP contribution >= 0.6 is 11.5 Å². The van der Waals surface area contributed by atoms with Crippen molar-refractivity contribution in [3.05, 3.63) is 10.6 Å². The third-order valence-corrected chi connectivity index (χ3v) is 4.60. The Morgan fingerprint density at radius 1 is 1.50 bits per heavy atom. The van der Waals surface area contributed by atoms with E-state index in [9.17, 15) is 4.79 Å². The lowest BCUT2D eigenvalue weighted by molar-refractivity contribution is 0.0665. The van der Waals surface area contributed by atoms with Crippen LogP contribution in [0.2, 0.25) is 0 Å². The smallest absolute Gasteiger partial charge is 0.267 e. The first-order valence-corrected chi connectivity index (χ1v) is 7.16. The number of rotatable bonds is 3. The van der Waals surface area contributed by atoms with Crippen molar-refractivity contribution >= 4 is 17.4 Å². The van der Waals surface area contributed by atoms with Crippen LogP contribution in [-0.2, 0) is 6.42 Å². The van der Waals surface area contributed by atoms with E-state index in [0.29, 0.717) is 4.88 Å². The molecule has 0 aromatic carbocycles. The first-order chi connectivity index (χ1) is 8.59. The zero-order valence-corrected chi connectivity index (χ0v) is 12.0. The molecule has 1 amide bonds. The third-order valence-electron chi connectivity index (χ3n) is 3.84. The van der Waals surface area contributed by atoms with Gasteiger partial charge in [-0.1, -0.05) is 11.4 Å². The number of likely N-dealkylation sites (tertiary alicyclic amines) is 1. The van der Waals surface area contributed by atoms with Crippen LogP contribution in [0.1, 0.15) is 42.1 Å². The molecule has 18 heavy (non-hydrogen) atoms. The summed E-state index contributed by atoms with van der Waals surface area (Å²) < 4.78 is 3.89. The van der Waals surface area contributed by atoms with Crippen molar-refractivity contribution in [2.45, 2.75) is 38.6 Å². The maximum atomic E-state index is 12.4. The molecule has 1 aromatic rings. The van der Waals surface area contributed by atoms with Crippen molar-refractivity contribution in [2.24, 2.45) is 0 Å². The van der Waals surface area contributed by atoms with Gasteiger partial charge >= 0.3 is 0 Å². The van der Waals surface area contributed by atoms with Crippen LogP contribution in [0.5, 0.6) is 0 Å². The van der Waals surface area contributed by atoms with E-state index in [1.165, 1.54) is 11.5 Å². The largest absolute Gasteiger partial charge is 0.338 e. The molecule has 0 atom stereocenters. The SMILES string of the molecule is CCc1nnsc1C(=O)N1CCC(C)(NC)CC1. The Labute approximate surface area is 112 Å². The van der Waals surface area contributed by atoms with Gasteiger partial charge in [-0.2, -0.15) is 0 Å². The van der Waals surface area contributed by atoms with E-state index in [-0.39, 0.29) is 11.4 Å². The van der Waals surface area contributed by atoms with Gasteiger partial charge in [0, 0.05) is 18.6 Å². The monoisotopic (exact) mass is 268 g/mol. The molecule has 1 saturated heterocycles. The van der Waals surface area contributed by atoms with Crippen molar-refractivity contribution in [3.8, 4) is 0 Å². The number of nitrogens with one attached hydrogen (secondary N) is 1. The average Bonchev–Trinajstić information content (AvgIpc) is 2.87. The van der Waals surface area contributed by atoms with Crippen molar-refractivity contribution < 1.29 is 4.79 Å². The summed E-state index contributed by atoms with van der Waals surface area (Å²) >= 11 is 1.21. The number of carbonyl (C=O) groups excluding carboxylic acids is 1. The maximum absolute atomic E-state index is 12.4. The lowest BCUT2D eigenvalue weighted by atomic mass is 9.90. The van der Waals surface area contributed by atoms with E-state index in [2.05, 4.69) is 21.8 Å². The molecular formula is C12H20N4OS. The van der Waals surface area contributed by atoms with Gasteiger partial charge in [0.1, 0.15) is 4.88 Å². The Balaban J connectivity index is 2.04. The van der Waals surface area contributed by atoms with Crippen LogP contribution in [-0.4, -0.2) is 46.1 Å². The summed E-state index contributed by atoms with van der Waals surface area (Å²) in [5.41, 5.74) is 0.989. The lowest BCUT2D eigenvalue weighted by Gasteiger charge is -2.39. The number of nitrogens with zero attached hydrogens (tertiary/aromatic N) is 3. The van der Waals surface area contributed by atoms with Crippen LogP contribution in [0.4, 0.5) is 0 Å². The highest BCUT2D eigenvalue weighted by Crippen LogP contribution is 2.23. The van der Waals surface area contributed by atoms with Crippen LogP contribution in [0.3, 0.4) is 0 Å². The molecule has 6 heteroatoms. The molecule has 1 N–H and O–H groups in total. The summed E-state index contributed by atoms with van der Waals surface area (Å²) in [6.45, 7) is 5.82. The number of aryl methyl sites for hydroxylation is 1. The van der Waals surface area contributed by atoms with Gasteiger partial charge in [-0.3, -0.25) is 4.79 Å². The standard InChI is InChI=1S/C12H20N4OS/c1-4-9-10(18-15-14-9)11(17)16-7-5-12(2,13-3)6-8-16/h13H,4-8H2,1-3H3. The van der Waals surface area contributed by atoms with Crippen molar-refractivity contribution in [3.63, 3.8) is 0 Å². The zero-order valence-electron chi connectivity index (χ0n) is 11.2. The molecule has 2 rings (SSSR count). The van der Waals surface area contributed by atoms with Gasteiger partial charge in [0.2, 0.25) is 0 Å². The summed E-state index contributed by atoms with van der Waals surface area (Å²) in [6, 6.07) is 0. The summed E-state index contributed by atoms with van der Waals surface area (Å²) in [7, 11) is 1.99. The Hall–Kier alpha value is -1.01. The summed E-state index contributed by atoms with van der Waals surface area (Å²) in [5.74, 6) is 0.0972. The minimum Gasteiger partial charge on any atom is -0.338 e. The quantitative estimate of drug-likeness (QED) is 0.898. The first-order valence-electron chi connectivity index (χ1n) is 6.39. The van der Waals surface area contributed by atoms with Crippen LogP contribution < -0.4 is 5.32 Å². The van der Waals surface area contributed by atoms with Crippen molar-refractivity contribution in [1.29, 1.82) is 0 Å². The minimum absolute atomic E-state index is 0.0972. The van der Waals surface area contributed by atoms with E-state index in [1.807, 2.05) is 18.9 Å². The molecule has 1 aromatic heterocycles. The van der Waals surface area contributed by atoms with Gasteiger partial charge in [0.05, 0.1) is 5.69 Å². The topological polar surface area (TPSA) is 58.1 Å². The maximum Gasteiger partial charge on any atom is 0.267 e. The Bertz CT molecular complexity index is 423. The van der Waals surface area contributed by atoms with Gasteiger partial charge in [-0.05, 0) is 44.8 Å².